The molecule has 0 saturated heterocycles. The van der Waals surface area contributed by atoms with Gasteiger partial charge in [-0.3, -0.25) is 0 Å². The standard InChI is InChI=1S/C14H11BrN4OS/c15-9-4-1-2-6-11(9)21-8-12-18-14(20-19-12)13-10(16)5-3-7-17-13/h1-7H,8,16H2. The molecular weight excluding hydrogens is 352 g/mol. The molecule has 7 heteroatoms. The lowest BCUT2D eigenvalue weighted by Gasteiger charge is -2.00. The van der Waals surface area contributed by atoms with Gasteiger partial charge in [0, 0.05) is 15.6 Å². The molecule has 0 spiro atoms. The monoisotopic (exact) mass is 362 g/mol. The van der Waals surface area contributed by atoms with E-state index in [0.717, 1.165) is 9.37 Å². The summed E-state index contributed by atoms with van der Waals surface area (Å²) in [7, 11) is 0. The quantitative estimate of drug-likeness (QED) is 0.711. The second kappa shape index (κ2) is 6.28. The summed E-state index contributed by atoms with van der Waals surface area (Å²) in [5.41, 5.74) is 6.88. The molecule has 0 aliphatic rings. The lowest BCUT2D eigenvalue weighted by Crippen LogP contribution is -1.92. The van der Waals surface area contributed by atoms with Crippen LogP contribution in [0, 0.1) is 0 Å². The van der Waals surface area contributed by atoms with Crippen molar-refractivity contribution in [2.75, 3.05) is 5.73 Å². The van der Waals surface area contributed by atoms with Gasteiger partial charge in [0.05, 0.1) is 11.4 Å². The van der Waals surface area contributed by atoms with Crippen LogP contribution in [0.5, 0.6) is 0 Å². The molecule has 5 nitrogen and oxygen atoms in total. The van der Waals surface area contributed by atoms with Crippen molar-refractivity contribution in [3.05, 3.63) is 52.9 Å². The van der Waals surface area contributed by atoms with Gasteiger partial charge in [-0.2, -0.15) is 4.98 Å². The molecule has 0 unspecified atom stereocenters. The molecule has 2 aromatic heterocycles. The van der Waals surface area contributed by atoms with Crippen molar-refractivity contribution in [1.29, 1.82) is 0 Å². The van der Waals surface area contributed by atoms with Gasteiger partial charge >= 0.3 is 0 Å². The van der Waals surface area contributed by atoms with Gasteiger partial charge in [0.25, 0.3) is 5.89 Å². The molecule has 1 aromatic carbocycles. The predicted molar refractivity (Wildman–Crippen MR) is 85.6 cm³/mol. The van der Waals surface area contributed by atoms with E-state index in [-0.39, 0.29) is 0 Å². The fourth-order valence-corrected chi connectivity index (χ4v) is 3.12. The van der Waals surface area contributed by atoms with Gasteiger partial charge in [0.15, 0.2) is 11.5 Å². The van der Waals surface area contributed by atoms with Gasteiger partial charge in [-0.15, -0.1) is 11.8 Å². The topological polar surface area (TPSA) is 77.8 Å². The summed E-state index contributed by atoms with van der Waals surface area (Å²) >= 11 is 5.14. The molecule has 0 aliphatic carbocycles. The molecule has 106 valence electrons. The molecule has 0 atom stereocenters. The largest absolute Gasteiger partial charge is 0.397 e. The summed E-state index contributed by atoms with van der Waals surface area (Å²) in [6.45, 7) is 0. The minimum Gasteiger partial charge on any atom is -0.397 e. The molecule has 0 fully saturated rings. The molecule has 3 aromatic rings. The second-order valence-electron chi connectivity index (χ2n) is 4.18. The Morgan fingerprint density at radius 3 is 2.86 bits per heavy atom. The van der Waals surface area contributed by atoms with Crippen LogP contribution in [0.25, 0.3) is 11.6 Å². The van der Waals surface area contributed by atoms with E-state index < -0.39 is 0 Å². The SMILES string of the molecule is Nc1cccnc1-c1nc(CSc2ccccc2Br)no1. The molecule has 0 radical (unpaired) electrons. The average molecular weight is 363 g/mol. The van der Waals surface area contributed by atoms with Crippen LogP contribution in [0.2, 0.25) is 0 Å². The number of pyridine rings is 1. The Hall–Kier alpha value is -1.86. The number of nitrogens with two attached hydrogens (primary N) is 1. The smallest absolute Gasteiger partial charge is 0.278 e. The number of aromatic nitrogens is 3. The highest BCUT2D eigenvalue weighted by Crippen LogP contribution is 2.29. The fraction of sp³-hybridized carbons (Fsp3) is 0.0714. The molecule has 2 heterocycles. The van der Waals surface area contributed by atoms with Crippen molar-refractivity contribution in [2.24, 2.45) is 0 Å². The van der Waals surface area contributed by atoms with Gasteiger partial charge in [0.1, 0.15) is 0 Å². The van der Waals surface area contributed by atoms with E-state index in [4.69, 9.17) is 10.3 Å². The van der Waals surface area contributed by atoms with E-state index in [9.17, 15) is 0 Å². The number of thioether (sulfide) groups is 1. The predicted octanol–water partition coefficient (Wildman–Crippen LogP) is 3.77. The summed E-state index contributed by atoms with van der Waals surface area (Å²) in [5.74, 6) is 1.56. The van der Waals surface area contributed by atoms with Crippen LogP contribution in [-0.4, -0.2) is 15.1 Å². The van der Waals surface area contributed by atoms with Crippen molar-refractivity contribution in [1.82, 2.24) is 15.1 Å². The first-order valence-corrected chi connectivity index (χ1v) is 7.92. The lowest BCUT2D eigenvalue weighted by atomic mass is 10.3. The van der Waals surface area contributed by atoms with Crippen molar-refractivity contribution in [2.45, 2.75) is 10.6 Å². The van der Waals surface area contributed by atoms with Crippen LogP contribution >= 0.6 is 27.7 Å². The number of benzene rings is 1. The lowest BCUT2D eigenvalue weighted by molar-refractivity contribution is 0.424. The summed E-state index contributed by atoms with van der Waals surface area (Å²) in [6.07, 6.45) is 1.64. The average Bonchev–Trinajstić information content (AvgIpc) is 2.96. The Balaban J connectivity index is 1.74. The van der Waals surface area contributed by atoms with Gasteiger partial charge in [-0.1, -0.05) is 17.3 Å². The third kappa shape index (κ3) is 3.25. The van der Waals surface area contributed by atoms with Crippen LogP contribution in [-0.2, 0) is 5.75 Å². The molecule has 2 N–H and O–H groups in total. The third-order valence-corrected chi connectivity index (χ3v) is 4.73. The Morgan fingerprint density at radius 1 is 1.19 bits per heavy atom. The van der Waals surface area contributed by atoms with Crippen LogP contribution in [0.15, 0.2) is 56.5 Å². The molecule has 0 bridgehead atoms. The maximum atomic E-state index is 5.85. The number of nitrogen functional groups attached to an aromatic ring is 1. The van der Waals surface area contributed by atoms with Gasteiger partial charge in [-0.05, 0) is 40.2 Å². The number of halogens is 1. The Morgan fingerprint density at radius 2 is 2.05 bits per heavy atom. The maximum absolute atomic E-state index is 5.85. The zero-order valence-electron chi connectivity index (χ0n) is 10.9. The van der Waals surface area contributed by atoms with Gasteiger partial charge in [-0.25, -0.2) is 4.98 Å². The number of nitrogens with zero attached hydrogens (tertiary/aromatic N) is 3. The second-order valence-corrected chi connectivity index (χ2v) is 6.05. The summed E-state index contributed by atoms with van der Waals surface area (Å²) in [5, 5.41) is 3.96. The molecule has 21 heavy (non-hydrogen) atoms. The zero-order valence-corrected chi connectivity index (χ0v) is 13.3. The minimum atomic E-state index is 0.343. The van der Waals surface area contributed by atoms with E-state index >= 15 is 0 Å². The van der Waals surface area contributed by atoms with Crippen LogP contribution in [0.3, 0.4) is 0 Å². The zero-order chi connectivity index (χ0) is 14.7. The third-order valence-electron chi connectivity index (χ3n) is 2.70. The van der Waals surface area contributed by atoms with Gasteiger partial charge in [0.2, 0.25) is 0 Å². The normalized spacial score (nSPS) is 10.7. The highest BCUT2D eigenvalue weighted by molar-refractivity contribution is 9.10. The van der Waals surface area contributed by atoms with E-state index in [0.29, 0.717) is 28.8 Å². The highest BCUT2D eigenvalue weighted by Gasteiger charge is 2.13. The number of anilines is 1. The summed E-state index contributed by atoms with van der Waals surface area (Å²) in [4.78, 5) is 9.61. The van der Waals surface area contributed by atoms with Gasteiger partial charge < -0.3 is 10.3 Å². The first-order valence-electron chi connectivity index (χ1n) is 6.15. The summed E-state index contributed by atoms with van der Waals surface area (Å²) < 4.78 is 6.27. The highest BCUT2D eigenvalue weighted by atomic mass is 79.9. The van der Waals surface area contributed by atoms with Crippen LogP contribution < -0.4 is 5.73 Å². The van der Waals surface area contributed by atoms with Crippen LogP contribution in [0.4, 0.5) is 5.69 Å². The first kappa shape index (κ1) is 14.1. The molecule has 0 amide bonds. The Kier molecular flexibility index (Phi) is 4.21. The number of hydrogen-bond donors (Lipinski definition) is 1. The van der Waals surface area contributed by atoms with E-state index in [2.05, 4.69) is 31.1 Å². The molecular formula is C14H11BrN4OS. The maximum Gasteiger partial charge on any atom is 0.278 e. The molecule has 0 aliphatic heterocycles. The minimum absolute atomic E-state index is 0.343. The van der Waals surface area contributed by atoms with Crippen molar-refractivity contribution >= 4 is 33.4 Å². The molecule has 0 saturated carbocycles. The van der Waals surface area contributed by atoms with Crippen molar-refractivity contribution in [3.63, 3.8) is 0 Å². The van der Waals surface area contributed by atoms with Crippen LogP contribution in [0.1, 0.15) is 5.82 Å². The number of hydrogen-bond acceptors (Lipinski definition) is 6. The van der Waals surface area contributed by atoms with E-state index in [1.54, 1.807) is 30.1 Å². The van der Waals surface area contributed by atoms with E-state index in [1.165, 1.54) is 0 Å². The van der Waals surface area contributed by atoms with Crippen molar-refractivity contribution in [3.8, 4) is 11.6 Å². The fourth-order valence-electron chi connectivity index (χ4n) is 1.71. The Labute approximate surface area is 134 Å². The van der Waals surface area contributed by atoms with E-state index in [1.807, 2.05) is 24.3 Å². The molecule has 3 rings (SSSR count). The summed E-state index contributed by atoms with van der Waals surface area (Å²) in [6, 6.07) is 11.5. The number of rotatable bonds is 4. The Bertz CT molecular complexity index is 762. The van der Waals surface area contributed by atoms with Crippen molar-refractivity contribution < 1.29 is 4.52 Å². The first-order chi connectivity index (χ1) is 10.2.